The van der Waals surface area contributed by atoms with Gasteiger partial charge in [-0.3, -0.25) is 37.3 Å². The maximum Gasteiger partial charge on any atom is 0.472 e. The van der Waals surface area contributed by atoms with Gasteiger partial charge in [0.15, 0.2) is 12.2 Å². The molecular weight excluding hydrogens is 1190 g/mol. The van der Waals surface area contributed by atoms with E-state index in [0.717, 1.165) is 108 Å². The van der Waals surface area contributed by atoms with E-state index in [0.29, 0.717) is 25.7 Å². The standard InChI is InChI=1S/C71H138O17P2/c1-7-11-13-15-17-19-30-37-43-49-55-70(75)87-66(59-81-68(73)53-47-41-35-18-16-14-12-8-2)61-85-89(77,78)83-57-65(72)58-84-90(79,80)86-62-67(60-82-69(74)54-48-42-36-31-27-26-29-34-40-46-52-64(6)10-4)88-71(76)56-50-44-38-32-25-23-21-20-22-24-28-33-39-45-51-63(5)9-3/h63-67,72H,7-62H2,1-6H3,(H,77,78)(H,79,80)/t63?,64?,65-,66+,67+/m0/s1. The Morgan fingerprint density at radius 1 is 0.311 bits per heavy atom. The van der Waals surface area contributed by atoms with Crippen molar-refractivity contribution in [1.82, 2.24) is 0 Å². The largest absolute Gasteiger partial charge is 0.472 e. The Kier molecular flexibility index (Phi) is 61.8. The number of phosphoric acid groups is 2. The molecule has 0 aromatic carbocycles. The van der Waals surface area contributed by atoms with Gasteiger partial charge in [-0.1, -0.05) is 311 Å². The highest BCUT2D eigenvalue weighted by Crippen LogP contribution is 2.45. The Morgan fingerprint density at radius 2 is 0.533 bits per heavy atom. The lowest BCUT2D eigenvalue weighted by Gasteiger charge is -2.21. The monoisotopic (exact) mass is 1320 g/mol. The van der Waals surface area contributed by atoms with Crippen molar-refractivity contribution < 1.29 is 80.2 Å². The summed E-state index contributed by atoms with van der Waals surface area (Å²) < 4.78 is 68.2. The highest BCUT2D eigenvalue weighted by Gasteiger charge is 2.30. The molecule has 0 amide bonds. The number of aliphatic hydroxyl groups is 1. The van der Waals surface area contributed by atoms with Crippen LogP contribution in [0.15, 0.2) is 0 Å². The molecule has 534 valence electrons. The van der Waals surface area contributed by atoms with Gasteiger partial charge in [0, 0.05) is 25.7 Å². The van der Waals surface area contributed by atoms with Gasteiger partial charge >= 0.3 is 39.5 Å². The van der Waals surface area contributed by atoms with Crippen molar-refractivity contribution in [3.63, 3.8) is 0 Å². The van der Waals surface area contributed by atoms with Gasteiger partial charge in [-0.2, -0.15) is 0 Å². The fraction of sp³-hybridized carbons (Fsp3) is 0.944. The Balaban J connectivity index is 5.21. The van der Waals surface area contributed by atoms with E-state index >= 15 is 0 Å². The number of phosphoric ester groups is 2. The average molecular weight is 1330 g/mol. The lowest BCUT2D eigenvalue weighted by molar-refractivity contribution is -0.161. The molecule has 0 aliphatic heterocycles. The molecule has 0 bridgehead atoms. The van der Waals surface area contributed by atoms with E-state index in [9.17, 15) is 43.2 Å². The van der Waals surface area contributed by atoms with E-state index in [2.05, 4.69) is 41.5 Å². The van der Waals surface area contributed by atoms with Crippen LogP contribution in [0.25, 0.3) is 0 Å². The summed E-state index contributed by atoms with van der Waals surface area (Å²) in [6.45, 7) is 9.60. The third-order valence-electron chi connectivity index (χ3n) is 17.2. The number of esters is 4. The van der Waals surface area contributed by atoms with Crippen LogP contribution >= 0.6 is 15.6 Å². The molecule has 4 unspecified atom stereocenters. The molecule has 0 aromatic rings. The van der Waals surface area contributed by atoms with Gasteiger partial charge in [0.1, 0.15) is 19.3 Å². The van der Waals surface area contributed by atoms with Crippen LogP contribution < -0.4 is 0 Å². The second-order valence-electron chi connectivity index (χ2n) is 26.1. The topological polar surface area (TPSA) is 237 Å². The number of hydrogen-bond donors (Lipinski definition) is 3. The predicted octanol–water partition coefficient (Wildman–Crippen LogP) is 20.4. The van der Waals surface area contributed by atoms with Crippen LogP contribution in [-0.2, 0) is 65.4 Å². The molecule has 90 heavy (non-hydrogen) atoms. The summed E-state index contributed by atoms with van der Waals surface area (Å²) in [6, 6.07) is 0. The normalized spacial score (nSPS) is 14.7. The van der Waals surface area contributed by atoms with Gasteiger partial charge in [0.25, 0.3) is 0 Å². The van der Waals surface area contributed by atoms with Crippen LogP contribution in [0.2, 0.25) is 0 Å². The maximum absolute atomic E-state index is 13.0. The van der Waals surface area contributed by atoms with Gasteiger partial charge in [-0.05, 0) is 37.5 Å². The lowest BCUT2D eigenvalue weighted by atomic mass is 9.99. The van der Waals surface area contributed by atoms with Crippen molar-refractivity contribution >= 4 is 39.5 Å². The zero-order valence-electron chi connectivity index (χ0n) is 58.4. The molecule has 0 aromatic heterocycles. The Hall–Kier alpha value is -1.94. The minimum atomic E-state index is -4.95. The molecule has 7 atom stereocenters. The number of unbranched alkanes of at least 4 members (excludes halogenated alkanes) is 38. The second-order valence-corrected chi connectivity index (χ2v) is 29.0. The zero-order valence-corrected chi connectivity index (χ0v) is 60.2. The fourth-order valence-corrected chi connectivity index (χ4v) is 12.3. The smallest absolute Gasteiger partial charge is 0.462 e. The van der Waals surface area contributed by atoms with E-state index < -0.39 is 97.5 Å². The summed E-state index contributed by atoms with van der Waals surface area (Å²) in [5, 5.41) is 10.6. The minimum absolute atomic E-state index is 0.106. The molecule has 0 heterocycles. The fourth-order valence-electron chi connectivity index (χ4n) is 10.7. The van der Waals surface area contributed by atoms with E-state index in [1.807, 2.05) is 0 Å². The lowest BCUT2D eigenvalue weighted by Crippen LogP contribution is -2.30. The highest BCUT2D eigenvalue weighted by molar-refractivity contribution is 7.47. The van der Waals surface area contributed by atoms with Crippen molar-refractivity contribution in [2.75, 3.05) is 39.6 Å². The molecule has 0 spiro atoms. The van der Waals surface area contributed by atoms with Gasteiger partial charge in [-0.25, -0.2) is 9.13 Å². The van der Waals surface area contributed by atoms with Crippen molar-refractivity contribution in [2.24, 2.45) is 11.8 Å². The van der Waals surface area contributed by atoms with Gasteiger partial charge in [0.05, 0.1) is 26.4 Å². The molecule has 17 nitrogen and oxygen atoms in total. The summed E-state index contributed by atoms with van der Waals surface area (Å²) in [6.07, 6.45) is 48.4. The van der Waals surface area contributed by atoms with Gasteiger partial charge in [0.2, 0.25) is 0 Å². The third kappa shape index (κ3) is 62.2. The van der Waals surface area contributed by atoms with Gasteiger partial charge < -0.3 is 33.8 Å². The number of aliphatic hydroxyl groups excluding tert-OH is 1. The summed E-state index contributed by atoms with van der Waals surface area (Å²) in [5.74, 6) is -0.470. The number of ether oxygens (including phenoxy) is 4. The summed E-state index contributed by atoms with van der Waals surface area (Å²) in [7, 11) is -9.90. The average Bonchev–Trinajstić information content (AvgIpc) is 3.66. The van der Waals surface area contributed by atoms with Crippen LogP contribution in [0.3, 0.4) is 0 Å². The molecule has 0 rings (SSSR count). The minimum Gasteiger partial charge on any atom is -0.462 e. The SMILES string of the molecule is CCCCCCCCCCCCC(=O)O[C@H](COC(=O)CCCCCCCCCC)COP(=O)(O)OC[C@H](O)COP(=O)(O)OC[C@@H](COC(=O)CCCCCCCCCCCCC(C)CC)OC(=O)CCCCCCCCCCCCCCCCC(C)CC. The van der Waals surface area contributed by atoms with Crippen LogP contribution in [-0.4, -0.2) is 96.7 Å². The Bertz CT molecular complexity index is 1760. The van der Waals surface area contributed by atoms with Crippen LogP contribution in [0.4, 0.5) is 0 Å². The van der Waals surface area contributed by atoms with E-state index in [1.165, 1.54) is 173 Å². The van der Waals surface area contributed by atoms with Crippen LogP contribution in [0.5, 0.6) is 0 Å². The number of carbonyl (C=O) groups excluding carboxylic acids is 4. The number of carbonyl (C=O) groups is 4. The Labute approximate surface area is 549 Å². The van der Waals surface area contributed by atoms with Crippen LogP contribution in [0, 0.1) is 11.8 Å². The molecule has 0 aliphatic carbocycles. The second kappa shape index (κ2) is 63.1. The molecular formula is C71H138O17P2. The maximum atomic E-state index is 13.0. The summed E-state index contributed by atoms with van der Waals surface area (Å²) in [5.41, 5.74) is 0. The van der Waals surface area contributed by atoms with Crippen molar-refractivity contribution in [2.45, 2.75) is 381 Å². The van der Waals surface area contributed by atoms with Crippen molar-refractivity contribution in [1.29, 1.82) is 0 Å². The molecule has 0 saturated heterocycles. The van der Waals surface area contributed by atoms with Gasteiger partial charge in [-0.15, -0.1) is 0 Å². The number of rotatable bonds is 70. The van der Waals surface area contributed by atoms with Crippen molar-refractivity contribution in [3.05, 3.63) is 0 Å². The number of hydrogen-bond acceptors (Lipinski definition) is 15. The Morgan fingerprint density at radius 3 is 0.789 bits per heavy atom. The summed E-state index contributed by atoms with van der Waals surface area (Å²) >= 11 is 0. The first-order valence-corrected chi connectivity index (χ1v) is 40.1. The predicted molar refractivity (Wildman–Crippen MR) is 363 cm³/mol. The van der Waals surface area contributed by atoms with Crippen LogP contribution in [0.1, 0.15) is 363 Å². The molecule has 0 saturated carbocycles. The van der Waals surface area contributed by atoms with E-state index in [1.54, 1.807) is 0 Å². The zero-order chi connectivity index (χ0) is 66.5. The molecule has 0 aliphatic rings. The molecule has 19 heteroatoms. The highest BCUT2D eigenvalue weighted by atomic mass is 31.2. The molecule has 0 fully saturated rings. The third-order valence-corrected chi connectivity index (χ3v) is 19.1. The van der Waals surface area contributed by atoms with Crippen molar-refractivity contribution in [3.8, 4) is 0 Å². The first kappa shape index (κ1) is 88.1. The molecule has 0 radical (unpaired) electrons. The quantitative estimate of drug-likeness (QED) is 0.0222. The van der Waals surface area contributed by atoms with E-state index in [4.69, 9.17) is 37.0 Å². The van der Waals surface area contributed by atoms with E-state index in [-0.39, 0.29) is 25.7 Å². The summed E-state index contributed by atoms with van der Waals surface area (Å²) in [4.78, 5) is 72.5. The first-order valence-electron chi connectivity index (χ1n) is 37.1. The molecule has 3 N–H and O–H groups in total. The first-order chi connectivity index (χ1) is 43.4.